The Labute approximate surface area is 308 Å². The second-order valence-corrected chi connectivity index (χ2v) is 14.0. The minimum atomic E-state index is -4.58. The van der Waals surface area contributed by atoms with Gasteiger partial charge >= 0.3 is 37.7 Å². The number of hydrogen-bond acceptors (Lipinski definition) is 8. The van der Waals surface area contributed by atoms with Crippen LogP contribution in [0.2, 0.25) is 0 Å². The van der Waals surface area contributed by atoms with Crippen molar-refractivity contribution in [1.29, 1.82) is 0 Å². The van der Waals surface area contributed by atoms with Crippen molar-refractivity contribution in [2.45, 2.75) is 169 Å². The molecular weight excluding hydrogens is 641 g/mol. The standard InChI is InChI=1S/2C17H34O4S.Ca/c2*1-3-5-7-9-11-13-15-17(16-21-22(18,19)20)14-12-10-8-6-4-2;/h2*12,14,17H,3-11,13,15-16H2,1-2H3,(H,18,19,20);/q;;+2/p-2/b2*14-12+;. The van der Waals surface area contributed by atoms with E-state index in [4.69, 9.17) is 0 Å². The molecule has 2 unspecified atom stereocenters. The van der Waals surface area contributed by atoms with Crippen LogP contribution >= 0.6 is 0 Å². The summed E-state index contributed by atoms with van der Waals surface area (Å²) in [5, 5.41) is 0. The Morgan fingerprint density at radius 1 is 0.489 bits per heavy atom. The number of allylic oxidation sites excluding steroid dienone is 2. The molecule has 0 heterocycles. The Hall–Kier alpha value is 0.480. The summed E-state index contributed by atoms with van der Waals surface area (Å²) in [7, 11) is -9.17. The Morgan fingerprint density at radius 2 is 0.778 bits per heavy atom. The van der Waals surface area contributed by atoms with E-state index in [1.54, 1.807) is 0 Å². The van der Waals surface area contributed by atoms with Crippen LogP contribution in [0.5, 0.6) is 0 Å². The molecule has 0 aromatic carbocycles. The molecule has 0 bridgehead atoms. The molecule has 0 aliphatic heterocycles. The maximum Gasteiger partial charge on any atom is 2.00 e. The van der Waals surface area contributed by atoms with Gasteiger partial charge in [-0.05, 0) is 38.5 Å². The number of hydrogen-bond donors (Lipinski definition) is 0. The first-order chi connectivity index (χ1) is 21.0. The molecule has 0 N–H and O–H groups in total. The van der Waals surface area contributed by atoms with Crippen LogP contribution in [0, 0.1) is 11.8 Å². The van der Waals surface area contributed by atoms with E-state index in [0.717, 1.165) is 64.2 Å². The van der Waals surface area contributed by atoms with E-state index in [-0.39, 0.29) is 62.8 Å². The summed E-state index contributed by atoms with van der Waals surface area (Å²) in [5.74, 6) is 0.0491. The zero-order valence-electron chi connectivity index (χ0n) is 29.2. The van der Waals surface area contributed by atoms with Crippen molar-refractivity contribution >= 4 is 58.5 Å². The normalized spacial score (nSPS) is 13.5. The molecule has 8 nitrogen and oxygen atoms in total. The van der Waals surface area contributed by atoms with Crippen LogP contribution < -0.4 is 0 Å². The fourth-order valence-corrected chi connectivity index (χ4v) is 5.47. The van der Waals surface area contributed by atoms with Crippen molar-refractivity contribution in [3.8, 4) is 0 Å². The van der Waals surface area contributed by atoms with Gasteiger partial charge in [0.25, 0.3) is 0 Å². The quantitative estimate of drug-likeness (QED) is 0.0237. The van der Waals surface area contributed by atoms with Crippen molar-refractivity contribution in [3.05, 3.63) is 24.3 Å². The second kappa shape index (κ2) is 35.8. The molecule has 0 saturated carbocycles. The molecule has 11 heteroatoms. The first-order valence-electron chi connectivity index (χ1n) is 17.5. The topological polar surface area (TPSA) is 133 Å². The van der Waals surface area contributed by atoms with Crippen molar-refractivity contribution in [2.75, 3.05) is 13.2 Å². The number of unbranched alkanes of at least 4 members (excludes halogenated alkanes) is 16. The number of rotatable bonds is 30. The van der Waals surface area contributed by atoms with Crippen LogP contribution in [0.1, 0.15) is 169 Å². The van der Waals surface area contributed by atoms with E-state index in [9.17, 15) is 25.9 Å². The van der Waals surface area contributed by atoms with Crippen molar-refractivity contribution in [2.24, 2.45) is 11.8 Å². The van der Waals surface area contributed by atoms with Gasteiger partial charge in [0.05, 0.1) is 13.2 Å². The van der Waals surface area contributed by atoms with E-state index < -0.39 is 20.8 Å². The van der Waals surface area contributed by atoms with E-state index >= 15 is 0 Å². The van der Waals surface area contributed by atoms with Gasteiger partial charge in [0.1, 0.15) is 0 Å². The van der Waals surface area contributed by atoms with Gasteiger partial charge in [0.15, 0.2) is 0 Å². The van der Waals surface area contributed by atoms with E-state index in [1.807, 2.05) is 12.2 Å². The molecule has 45 heavy (non-hydrogen) atoms. The summed E-state index contributed by atoms with van der Waals surface area (Å²) in [5.41, 5.74) is 0. The van der Waals surface area contributed by atoms with Crippen molar-refractivity contribution in [3.63, 3.8) is 0 Å². The van der Waals surface area contributed by atoms with Gasteiger partial charge in [-0.15, -0.1) is 0 Å². The molecule has 0 saturated heterocycles. The third kappa shape index (κ3) is 44.5. The van der Waals surface area contributed by atoms with Gasteiger partial charge in [-0.25, -0.2) is 16.8 Å². The Morgan fingerprint density at radius 3 is 1.09 bits per heavy atom. The first kappa shape index (κ1) is 49.9. The minimum absolute atomic E-state index is 0. The summed E-state index contributed by atoms with van der Waals surface area (Å²) < 4.78 is 72.4. The van der Waals surface area contributed by atoms with Gasteiger partial charge in [0.2, 0.25) is 20.8 Å². The molecule has 0 aromatic heterocycles. The smallest absolute Gasteiger partial charge is 0.726 e. The Balaban J connectivity index is -0.000000767. The molecular formula is C34H66CaO8S2. The van der Waals surface area contributed by atoms with Gasteiger partial charge < -0.3 is 9.11 Å². The zero-order chi connectivity index (χ0) is 33.4. The second-order valence-electron chi connectivity index (χ2n) is 11.9. The molecule has 0 rings (SSSR count). The van der Waals surface area contributed by atoms with E-state index in [0.29, 0.717) is 0 Å². The summed E-state index contributed by atoms with van der Waals surface area (Å²) in [6.07, 6.45) is 33.5. The molecule has 0 radical (unpaired) electrons. The predicted molar refractivity (Wildman–Crippen MR) is 187 cm³/mol. The largest absolute Gasteiger partial charge is 2.00 e. The summed E-state index contributed by atoms with van der Waals surface area (Å²) in [6.45, 7) is 8.67. The van der Waals surface area contributed by atoms with Crippen LogP contribution in [0.3, 0.4) is 0 Å². The van der Waals surface area contributed by atoms with Gasteiger partial charge in [-0.1, -0.05) is 155 Å². The monoisotopic (exact) mass is 706 g/mol. The molecule has 0 spiro atoms. The maximum absolute atomic E-state index is 10.6. The Kier molecular flexibility index (Phi) is 39.6. The fraction of sp³-hybridized carbons (Fsp3) is 0.882. The molecule has 0 aromatic rings. The summed E-state index contributed by atoms with van der Waals surface area (Å²) in [6, 6.07) is 0. The van der Waals surface area contributed by atoms with Crippen LogP contribution in [0.25, 0.3) is 0 Å². The third-order valence-electron chi connectivity index (χ3n) is 7.48. The SMILES string of the molecule is CCCCC/C=C/C(CCCCCCCC)COS(=O)(=O)[O-].CCCCC/C=C/C(CCCCCCCC)COS(=O)(=O)[O-].[Ca+2]. The fourth-order valence-electron chi connectivity index (χ4n) is 4.79. The zero-order valence-corrected chi connectivity index (χ0v) is 33.1. The van der Waals surface area contributed by atoms with Gasteiger partial charge in [-0.2, -0.15) is 0 Å². The van der Waals surface area contributed by atoms with Crippen LogP contribution in [0.4, 0.5) is 0 Å². The van der Waals surface area contributed by atoms with Crippen LogP contribution in [-0.4, -0.2) is 76.9 Å². The van der Waals surface area contributed by atoms with Crippen molar-refractivity contribution < 1.29 is 34.3 Å². The Bertz CT molecular complexity index is 805. The maximum atomic E-state index is 10.6. The molecule has 0 aliphatic carbocycles. The van der Waals surface area contributed by atoms with Gasteiger partial charge in [-0.3, -0.25) is 8.37 Å². The van der Waals surface area contributed by atoms with Gasteiger partial charge in [0, 0.05) is 11.8 Å². The molecule has 0 aliphatic rings. The molecule has 0 fully saturated rings. The minimum Gasteiger partial charge on any atom is -0.726 e. The molecule has 2 atom stereocenters. The first-order valence-corrected chi connectivity index (χ1v) is 20.2. The van der Waals surface area contributed by atoms with E-state index in [1.165, 1.54) is 77.0 Å². The third-order valence-corrected chi connectivity index (χ3v) is 8.32. The van der Waals surface area contributed by atoms with E-state index in [2.05, 4.69) is 48.2 Å². The van der Waals surface area contributed by atoms with Crippen LogP contribution in [0.15, 0.2) is 24.3 Å². The summed E-state index contributed by atoms with van der Waals surface area (Å²) in [4.78, 5) is 0. The average molecular weight is 707 g/mol. The summed E-state index contributed by atoms with van der Waals surface area (Å²) >= 11 is 0. The van der Waals surface area contributed by atoms with Crippen LogP contribution in [-0.2, 0) is 29.2 Å². The molecule has 0 amide bonds. The predicted octanol–water partition coefficient (Wildman–Crippen LogP) is 9.55. The molecule has 264 valence electrons. The van der Waals surface area contributed by atoms with Crippen molar-refractivity contribution in [1.82, 2.24) is 0 Å². The average Bonchev–Trinajstić information content (AvgIpc) is 2.96.